The number of rotatable bonds is 4. The number of anilines is 2. The lowest BCUT2D eigenvalue weighted by molar-refractivity contribution is 0.402. The number of benzene rings is 2. The van der Waals surface area contributed by atoms with Gasteiger partial charge in [-0.2, -0.15) is 0 Å². The van der Waals surface area contributed by atoms with E-state index >= 15 is 0 Å². The third-order valence-electron chi connectivity index (χ3n) is 2.78. The van der Waals surface area contributed by atoms with Crippen molar-refractivity contribution in [3.05, 3.63) is 30.3 Å². The van der Waals surface area contributed by atoms with Crippen molar-refractivity contribution in [1.82, 2.24) is 0 Å². The Balaban J connectivity index is 2.46. The summed E-state index contributed by atoms with van der Waals surface area (Å²) in [5.74, 6) is 1.45. The van der Waals surface area contributed by atoms with E-state index in [1.807, 2.05) is 18.2 Å². The van der Waals surface area contributed by atoms with E-state index < -0.39 is 0 Å². The summed E-state index contributed by atoms with van der Waals surface area (Å²) in [4.78, 5) is 2.37. The largest absolute Gasteiger partial charge is 0.497 e. The lowest BCUT2D eigenvalue weighted by atomic mass is 10.3. The van der Waals surface area contributed by atoms with Gasteiger partial charge in [-0.15, -0.1) is 12.6 Å². The fourth-order valence-electron chi connectivity index (χ4n) is 1.67. The van der Waals surface area contributed by atoms with Crippen LogP contribution < -0.4 is 20.9 Å². The maximum atomic E-state index is 6.00. The number of nitrogen functional groups attached to an aromatic ring is 2. The molecule has 0 saturated carbocycles. The highest BCUT2D eigenvalue weighted by atomic mass is 32.2. The first-order chi connectivity index (χ1) is 9.56. The summed E-state index contributed by atoms with van der Waals surface area (Å²) in [6, 6.07) is 9.07. The molecule has 4 N–H and O–H groups in total. The summed E-state index contributed by atoms with van der Waals surface area (Å²) in [6.07, 6.45) is 0. The first-order valence-electron chi connectivity index (χ1n) is 5.83. The molecule has 0 unspecified atom stereocenters. The fourth-order valence-corrected chi connectivity index (χ4v) is 3.04. The normalized spacial score (nSPS) is 10.3. The highest BCUT2D eigenvalue weighted by Gasteiger charge is 2.13. The number of hydrogen-bond donors (Lipinski definition) is 3. The van der Waals surface area contributed by atoms with Gasteiger partial charge in [0, 0.05) is 21.2 Å². The van der Waals surface area contributed by atoms with E-state index in [9.17, 15) is 0 Å². The van der Waals surface area contributed by atoms with E-state index in [2.05, 4.69) is 12.6 Å². The lowest BCUT2D eigenvalue weighted by Crippen LogP contribution is -1.95. The smallest absolute Gasteiger partial charge is 0.134 e. The van der Waals surface area contributed by atoms with Crippen molar-refractivity contribution in [1.29, 1.82) is 0 Å². The minimum atomic E-state index is 0.595. The van der Waals surface area contributed by atoms with E-state index in [1.165, 1.54) is 11.8 Å². The van der Waals surface area contributed by atoms with E-state index in [-0.39, 0.29) is 0 Å². The Morgan fingerprint density at radius 1 is 1.00 bits per heavy atom. The molecule has 106 valence electrons. The molecule has 0 fully saturated rings. The summed E-state index contributed by atoms with van der Waals surface area (Å²) in [5, 5.41) is 0. The SMILES string of the molecule is COc1ccc(N)c(Sc2c(OC)ccc(N)c2S)c1. The van der Waals surface area contributed by atoms with Gasteiger partial charge in [0.05, 0.1) is 19.1 Å². The Bertz CT molecular complexity index is 633. The van der Waals surface area contributed by atoms with Crippen LogP contribution in [0.2, 0.25) is 0 Å². The van der Waals surface area contributed by atoms with Gasteiger partial charge in [-0.05, 0) is 30.3 Å². The highest BCUT2D eigenvalue weighted by Crippen LogP contribution is 2.44. The van der Waals surface area contributed by atoms with E-state index in [4.69, 9.17) is 20.9 Å². The molecule has 0 spiro atoms. The second-order valence-electron chi connectivity index (χ2n) is 4.04. The zero-order valence-electron chi connectivity index (χ0n) is 11.2. The Hall–Kier alpha value is -1.66. The predicted octanol–water partition coefficient (Wildman–Crippen LogP) is 3.31. The van der Waals surface area contributed by atoms with E-state index in [1.54, 1.807) is 26.4 Å². The van der Waals surface area contributed by atoms with Crippen LogP contribution in [0.5, 0.6) is 11.5 Å². The van der Waals surface area contributed by atoms with Crippen LogP contribution in [-0.2, 0) is 0 Å². The molecule has 0 aliphatic heterocycles. The molecule has 0 heterocycles. The Morgan fingerprint density at radius 2 is 1.70 bits per heavy atom. The van der Waals surface area contributed by atoms with Crippen LogP contribution in [0.4, 0.5) is 11.4 Å². The van der Waals surface area contributed by atoms with Gasteiger partial charge < -0.3 is 20.9 Å². The first kappa shape index (κ1) is 14.7. The van der Waals surface area contributed by atoms with Gasteiger partial charge in [-0.25, -0.2) is 0 Å². The molecule has 6 heteroatoms. The molecule has 0 aromatic heterocycles. The van der Waals surface area contributed by atoms with Crippen molar-refractivity contribution < 1.29 is 9.47 Å². The van der Waals surface area contributed by atoms with E-state index in [0.717, 1.165) is 15.5 Å². The molecule has 0 atom stereocenters. The molecule has 2 rings (SSSR count). The van der Waals surface area contributed by atoms with Crippen molar-refractivity contribution in [2.24, 2.45) is 0 Å². The van der Waals surface area contributed by atoms with Crippen molar-refractivity contribution >= 4 is 35.8 Å². The molecule has 2 aromatic rings. The lowest BCUT2D eigenvalue weighted by Gasteiger charge is -2.14. The number of methoxy groups -OCH3 is 2. The quantitative estimate of drug-likeness (QED) is 0.597. The molecule has 0 aliphatic carbocycles. The molecule has 4 nitrogen and oxygen atoms in total. The molecule has 2 aromatic carbocycles. The summed E-state index contributed by atoms with van der Waals surface area (Å²) in [6.45, 7) is 0. The summed E-state index contributed by atoms with van der Waals surface area (Å²) < 4.78 is 10.6. The predicted molar refractivity (Wildman–Crippen MR) is 86.2 cm³/mol. The number of thiol groups is 1. The van der Waals surface area contributed by atoms with Crippen LogP contribution >= 0.6 is 24.4 Å². The Kier molecular flexibility index (Phi) is 4.57. The molecular weight excluding hydrogens is 292 g/mol. The van der Waals surface area contributed by atoms with Crippen molar-refractivity contribution in [2.75, 3.05) is 25.7 Å². The standard InChI is InChI=1S/C14H16N2O2S2/c1-17-8-3-4-9(15)12(7-8)20-14-11(18-2)6-5-10(16)13(14)19/h3-7,19H,15-16H2,1-2H3. The molecule has 0 bridgehead atoms. The minimum absolute atomic E-state index is 0.595. The third-order valence-corrected chi connectivity index (χ3v) is 4.60. The second kappa shape index (κ2) is 6.19. The summed E-state index contributed by atoms with van der Waals surface area (Å²) in [7, 11) is 3.23. The highest BCUT2D eigenvalue weighted by molar-refractivity contribution is 8.00. The van der Waals surface area contributed by atoms with E-state index in [0.29, 0.717) is 22.0 Å². The van der Waals surface area contributed by atoms with Crippen LogP contribution in [0, 0.1) is 0 Å². The summed E-state index contributed by atoms with van der Waals surface area (Å²) in [5.41, 5.74) is 13.1. The van der Waals surface area contributed by atoms with Crippen LogP contribution in [0.3, 0.4) is 0 Å². The monoisotopic (exact) mass is 308 g/mol. The van der Waals surface area contributed by atoms with Crippen LogP contribution in [0.1, 0.15) is 0 Å². The van der Waals surface area contributed by atoms with Crippen LogP contribution in [0.25, 0.3) is 0 Å². The van der Waals surface area contributed by atoms with Gasteiger partial charge in [-0.3, -0.25) is 0 Å². The van der Waals surface area contributed by atoms with Gasteiger partial charge in [0.2, 0.25) is 0 Å². The average Bonchev–Trinajstić information content (AvgIpc) is 2.46. The van der Waals surface area contributed by atoms with Crippen molar-refractivity contribution in [3.63, 3.8) is 0 Å². The number of hydrogen-bond acceptors (Lipinski definition) is 6. The third kappa shape index (κ3) is 2.91. The van der Waals surface area contributed by atoms with Gasteiger partial charge in [-0.1, -0.05) is 11.8 Å². The van der Waals surface area contributed by atoms with Crippen LogP contribution in [-0.4, -0.2) is 14.2 Å². The Morgan fingerprint density at radius 3 is 2.35 bits per heavy atom. The molecule has 20 heavy (non-hydrogen) atoms. The molecule has 0 radical (unpaired) electrons. The van der Waals surface area contributed by atoms with Gasteiger partial charge >= 0.3 is 0 Å². The van der Waals surface area contributed by atoms with Gasteiger partial charge in [0.25, 0.3) is 0 Å². The molecule has 0 saturated heterocycles. The molecular formula is C14H16N2O2S2. The molecule has 0 amide bonds. The molecule has 0 aliphatic rings. The topological polar surface area (TPSA) is 70.5 Å². The Labute approximate surface area is 127 Å². The zero-order chi connectivity index (χ0) is 14.7. The van der Waals surface area contributed by atoms with Crippen LogP contribution in [0.15, 0.2) is 45.0 Å². The van der Waals surface area contributed by atoms with Crippen molar-refractivity contribution in [2.45, 2.75) is 14.7 Å². The average molecular weight is 308 g/mol. The number of ether oxygens (including phenoxy) is 2. The number of nitrogens with two attached hydrogens (primary N) is 2. The van der Waals surface area contributed by atoms with Crippen molar-refractivity contribution in [3.8, 4) is 11.5 Å². The zero-order valence-corrected chi connectivity index (χ0v) is 12.9. The first-order valence-corrected chi connectivity index (χ1v) is 7.10. The van der Waals surface area contributed by atoms with Gasteiger partial charge in [0.1, 0.15) is 11.5 Å². The maximum absolute atomic E-state index is 6.00. The minimum Gasteiger partial charge on any atom is -0.497 e. The second-order valence-corrected chi connectivity index (χ2v) is 5.54. The summed E-state index contributed by atoms with van der Waals surface area (Å²) >= 11 is 5.90. The maximum Gasteiger partial charge on any atom is 0.134 e. The van der Waals surface area contributed by atoms with Gasteiger partial charge in [0.15, 0.2) is 0 Å². The fraction of sp³-hybridized carbons (Fsp3) is 0.143.